The van der Waals surface area contributed by atoms with E-state index in [9.17, 15) is 9.59 Å². The predicted octanol–water partition coefficient (Wildman–Crippen LogP) is 1.58. The van der Waals surface area contributed by atoms with Gasteiger partial charge in [-0.25, -0.2) is 4.79 Å². The van der Waals surface area contributed by atoms with Gasteiger partial charge in [0, 0.05) is 29.3 Å². The highest BCUT2D eigenvalue weighted by atomic mass is 32.2. The van der Waals surface area contributed by atoms with E-state index >= 15 is 0 Å². The van der Waals surface area contributed by atoms with Gasteiger partial charge < -0.3 is 10.4 Å². The van der Waals surface area contributed by atoms with Crippen LogP contribution in [-0.2, 0) is 30.7 Å². The lowest BCUT2D eigenvalue weighted by Gasteiger charge is -2.13. The number of thioether (sulfide) groups is 1. The second-order valence-electron chi connectivity index (χ2n) is 5.85. The monoisotopic (exact) mass is 379 g/mol. The van der Waals surface area contributed by atoms with Crippen LogP contribution in [0.4, 0.5) is 0 Å². The Kier molecular flexibility index (Phi) is 6.28. The molecule has 0 aliphatic heterocycles. The van der Waals surface area contributed by atoms with Crippen LogP contribution in [0.5, 0.6) is 0 Å². The van der Waals surface area contributed by atoms with Gasteiger partial charge in [-0.2, -0.15) is 4.98 Å². The van der Waals surface area contributed by atoms with Crippen molar-refractivity contribution in [2.45, 2.75) is 43.8 Å². The maximum atomic E-state index is 12.3. The molecular weight excluding hydrogens is 358 g/mol. The fraction of sp³-hybridized carbons (Fsp3) is 0.471. The number of rotatable bonds is 8. The first-order chi connectivity index (χ1) is 12.2. The summed E-state index contributed by atoms with van der Waals surface area (Å²) in [6.07, 6.45) is 3.29. The van der Waals surface area contributed by atoms with Crippen molar-refractivity contribution in [3.63, 3.8) is 0 Å². The topological polar surface area (TPSA) is 84.2 Å². The van der Waals surface area contributed by atoms with Gasteiger partial charge in [-0.15, -0.1) is 11.3 Å². The Labute approximate surface area is 154 Å². The molecule has 134 valence electrons. The number of aliphatic hydroxyl groups is 1. The number of fused-ring (bicyclic) bond motifs is 1. The number of nitrogens with zero attached hydrogens (tertiary/aromatic N) is 2. The Balaban J connectivity index is 1.64. The van der Waals surface area contributed by atoms with Gasteiger partial charge in [0.25, 0.3) is 0 Å². The summed E-state index contributed by atoms with van der Waals surface area (Å²) in [7, 11) is 0. The minimum atomic E-state index is -0.282. The molecule has 1 aliphatic carbocycles. The molecule has 0 radical (unpaired) electrons. The number of carbonyl (C=O) groups is 1. The van der Waals surface area contributed by atoms with Crippen molar-refractivity contribution in [3.05, 3.63) is 44.1 Å². The molecule has 0 atom stereocenters. The summed E-state index contributed by atoms with van der Waals surface area (Å²) in [6.45, 7) is 1.09. The third kappa shape index (κ3) is 4.50. The smallest absolute Gasteiger partial charge is 0.348 e. The van der Waals surface area contributed by atoms with Gasteiger partial charge >= 0.3 is 5.69 Å². The number of aromatic nitrogens is 2. The standard InChI is InChI=1S/C17H21N3O3S2/c21-8-3-7-20-14-6-1-5-13(14)16(19-17(20)23)25-11-15(22)18-10-12-4-2-9-24-12/h2,4,9,21H,1,3,5-8,10-11H2,(H,18,22). The lowest BCUT2D eigenvalue weighted by molar-refractivity contribution is -0.118. The minimum Gasteiger partial charge on any atom is -0.396 e. The van der Waals surface area contributed by atoms with Crippen molar-refractivity contribution < 1.29 is 9.90 Å². The normalized spacial score (nSPS) is 13.0. The van der Waals surface area contributed by atoms with Crippen molar-refractivity contribution >= 4 is 29.0 Å². The summed E-state index contributed by atoms with van der Waals surface area (Å²) in [5.41, 5.74) is 1.83. The van der Waals surface area contributed by atoms with E-state index in [-0.39, 0.29) is 24.0 Å². The molecule has 8 heteroatoms. The molecule has 1 amide bonds. The number of carbonyl (C=O) groups excluding carboxylic acids is 1. The molecule has 6 nitrogen and oxygen atoms in total. The van der Waals surface area contributed by atoms with E-state index in [1.165, 1.54) is 11.8 Å². The first-order valence-corrected chi connectivity index (χ1v) is 10.2. The van der Waals surface area contributed by atoms with E-state index in [4.69, 9.17) is 5.11 Å². The van der Waals surface area contributed by atoms with Crippen molar-refractivity contribution in [1.82, 2.24) is 14.9 Å². The van der Waals surface area contributed by atoms with Crippen LogP contribution >= 0.6 is 23.1 Å². The van der Waals surface area contributed by atoms with Gasteiger partial charge in [0.2, 0.25) is 5.91 Å². The Bertz CT molecular complexity index is 787. The minimum absolute atomic E-state index is 0.0577. The molecule has 0 aromatic carbocycles. The van der Waals surface area contributed by atoms with Gasteiger partial charge in [-0.1, -0.05) is 17.8 Å². The highest BCUT2D eigenvalue weighted by Gasteiger charge is 2.22. The summed E-state index contributed by atoms with van der Waals surface area (Å²) < 4.78 is 1.68. The molecule has 0 saturated heterocycles. The van der Waals surface area contributed by atoms with Crippen molar-refractivity contribution in [2.24, 2.45) is 0 Å². The average Bonchev–Trinajstić information content (AvgIpc) is 3.28. The molecule has 1 aliphatic rings. The molecule has 3 rings (SSSR count). The Morgan fingerprint density at radius 1 is 1.44 bits per heavy atom. The first-order valence-electron chi connectivity index (χ1n) is 8.34. The zero-order valence-corrected chi connectivity index (χ0v) is 15.5. The van der Waals surface area contributed by atoms with Crippen LogP contribution in [0.2, 0.25) is 0 Å². The van der Waals surface area contributed by atoms with Gasteiger partial charge in [-0.3, -0.25) is 9.36 Å². The zero-order chi connectivity index (χ0) is 17.6. The molecule has 2 aromatic heterocycles. The lowest BCUT2D eigenvalue weighted by Crippen LogP contribution is -2.28. The van der Waals surface area contributed by atoms with E-state index in [2.05, 4.69) is 10.3 Å². The number of hydrogen-bond donors (Lipinski definition) is 2. The summed E-state index contributed by atoms with van der Waals surface area (Å²) >= 11 is 2.95. The fourth-order valence-electron chi connectivity index (χ4n) is 2.95. The van der Waals surface area contributed by atoms with Gasteiger partial charge in [-0.05, 0) is 37.1 Å². The third-order valence-corrected chi connectivity index (χ3v) is 6.01. The Morgan fingerprint density at radius 2 is 2.32 bits per heavy atom. The van der Waals surface area contributed by atoms with Gasteiger partial charge in [0.15, 0.2) is 0 Å². The first kappa shape index (κ1) is 18.2. The molecule has 0 unspecified atom stereocenters. The maximum Gasteiger partial charge on any atom is 0.348 e. The van der Waals surface area contributed by atoms with Crippen LogP contribution in [-0.4, -0.2) is 32.9 Å². The SMILES string of the molecule is O=C(CSc1nc(=O)n(CCCO)c2c1CCC2)NCc1cccs1. The summed E-state index contributed by atoms with van der Waals surface area (Å²) in [5.74, 6) is 0.196. The van der Waals surface area contributed by atoms with Crippen molar-refractivity contribution in [3.8, 4) is 0 Å². The highest BCUT2D eigenvalue weighted by Crippen LogP contribution is 2.29. The number of hydrogen-bond acceptors (Lipinski definition) is 6. The van der Waals surface area contributed by atoms with Crippen LogP contribution in [0, 0.1) is 0 Å². The quantitative estimate of drug-likeness (QED) is 0.537. The second-order valence-corrected chi connectivity index (χ2v) is 7.85. The van der Waals surface area contributed by atoms with E-state index in [0.717, 1.165) is 35.4 Å². The number of thiophene rings is 1. The Morgan fingerprint density at radius 3 is 3.08 bits per heavy atom. The van der Waals surface area contributed by atoms with Crippen LogP contribution in [0.3, 0.4) is 0 Å². The molecule has 25 heavy (non-hydrogen) atoms. The summed E-state index contributed by atoms with van der Waals surface area (Å²) in [4.78, 5) is 29.6. The molecule has 0 spiro atoms. The van der Waals surface area contributed by atoms with Crippen LogP contribution in [0.25, 0.3) is 0 Å². The average molecular weight is 380 g/mol. The Hall–Kier alpha value is -1.64. The van der Waals surface area contributed by atoms with E-state index < -0.39 is 0 Å². The van der Waals surface area contributed by atoms with E-state index in [1.54, 1.807) is 15.9 Å². The van der Waals surface area contributed by atoms with Crippen molar-refractivity contribution in [1.29, 1.82) is 0 Å². The van der Waals surface area contributed by atoms with E-state index in [1.807, 2.05) is 17.5 Å². The second kappa shape index (κ2) is 8.64. The number of amides is 1. The molecule has 0 bridgehead atoms. The zero-order valence-electron chi connectivity index (χ0n) is 13.9. The fourth-order valence-corrected chi connectivity index (χ4v) is 4.50. The largest absolute Gasteiger partial charge is 0.396 e. The molecular formula is C17H21N3O3S2. The maximum absolute atomic E-state index is 12.3. The van der Waals surface area contributed by atoms with E-state index in [0.29, 0.717) is 24.5 Å². The highest BCUT2D eigenvalue weighted by molar-refractivity contribution is 7.99. The summed E-state index contributed by atoms with van der Waals surface area (Å²) in [5, 5.41) is 14.6. The number of nitrogens with one attached hydrogen (secondary N) is 1. The number of aliphatic hydroxyl groups excluding tert-OH is 1. The van der Waals surface area contributed by atoms with Crippen LogP contribution < -0.4 is 11.0 Å². The molecule has 0 fully saturated rings. The van der Waals surface area contributed by atoms with Gasteiger partial charge in [0.05, 0.1) is 12.3 Å². The van der Waals surface area contributed by atoms with Gasteiger partial charge in [0.1, 0.15) is 5.03 Å². The van der Waals surface area contributed by atoms with Crippen LogP contribution in [0.15, 0.2) is 27.3 Å². The molecule has 2 heterocycles. The predicted molar refractivity (Wildman–Crippen MR) is 99.1 cm³/mol. The third-order valence-electron chi connectivity index (χ3n) is 4.12. The molecule has 2 N–H and O–H groups in total. The summed E-state index contributed by atoms with van der Waals surface area (Å²) in [6, 6.07) is 3.94. The molecule has 2 aromatic rings. The molecule has 0 saturated carbocycles. The van der Waals surface area contributed by atoms with Crippen molar-refractivity contribution in [2.75, 3.05) is 12.4 Å². The van der Waals surface area contributed by atoms with Crippen LogP contribution in [0.1, 0.15) is 29.0 Å². The lowest BCUT2D eigenvalue weighted by atomic mass is 10.2.